The number of para-hydroxylation sites is 1. The minimum absolute atomic E-state index is 0.0304. The lowest BCUT2D eigenvalue weighted by Crippen LogP contribution is -2.26. The van der Waals surface area contributed by atoms with Crippen molar-refractivity contribution in [1.82, 2.24) is 4.72 Å². The topological polar surface area (TPSA) is 84.5 Å². The van der Waals surface area contributed by atoms with E-state index in [4.69, 9.17) is 4.74 Å². The quantitative estimate of drug-likeness (QED) is 0.847. The lowest BCUT2D eigenvalue weighted by atomic mass is 10.1. The molecule has 2 aliphatic rings. The molecular weight excluding hydrogens is 352 g/mol. The van der Waals surface area contributed by atoms with E-state index >= 15 is 0 Å². The molecule has 0 saturated heterocycles. The van der Waals surface area contributed by atoms with Gasteiger partial charge in [0.2, 0.25) is 10.0 Å². The summed E-state index contributed by atoms with van der Waals surface area (Å²) in [5.41, 5.74) is 1.75. The van der Waals surface area contributed by atoms with Crippen molar-refractivity contribution in [2.24, 2.45) is 0 Å². The molecule has 0 unspecified atom stereocenters. The molecule has 6 nitrogen and oxygen atoms in total. The van der Waals surface area contributed by atoms with Gasteiger partial charge in [-0.1, -0.05) is 24.3 Å². The van der Waals surface area contributed by atoms with Gasteiger partial charge < -0.3 is 10.1 Å². The van der Waals surface area contributed by atoms with Crippen LogP contribution in [0.1, 0.15) is 18.4 Å². The van der Waals surface area contributed by atoms with Gasteiger partial charge in [0.05, 0.1) is 10.5 Å². The Balaban J connectivity index is 1.52. The van der Waals surface area contributed by atoms with Crippen molar-refractivity contribution in [3.63, 3.8) is 0 Å². The van der Waals surface area contributed by atoms with Gasteiger partial charge in [-0.05, 0) is 43.2 Å². The van der Waals surface area contributed by atoms with Crippen LogP contribution in [0, 0.1) is 0 Å². The van der Waals surface area contributed by atoms with E-state index in [2.05, 4.69) is 10.0 Å². The van der Waals surface area contributed by atoms with E-state index < -0.39 is 10.0 Å². The summed E-state index contributed by atoms with van der Waals surface area (Å²) in [4.78, 5) is 12.6. The summed E-state index contributed by atoms with van der Waals surface area (Å²) in [6, 6.07) is 13.7. The summed E-state index contributed by atoms with van der Waals surface area (Å²) in [6.07, 6.45) is 3.51. The first-order valence-corrected chi connectivity index (χ1v) is 9.86. The van der Waals surface area contributed by atoms with Crippen LogP contribution in [-0.2, 0) is 14.8 Å². The van der Waals surface area contributed by atoms with Crippen LogP contribution in [0.2, 0.25) is 0 Å². The molecule has 4 rings (SSSR count). The Morgan fingerprint density at radius 3 is 2.69 bits per heavy atom. The number of carbonyl (C=O) groups is 1. The fraction of sp³-hybridized carbons (Fsp3) is 0.211. The molecule has 1 aliphatic heterocycles. The molecule has 0 atom stereocenters. The van der Waals surface area contributed by atoms with Crippen LogP contribution in [0.25, 0.3) is 6.08 Å². The number of ether oxygens (including phenoxy) is 1. The maximum atomic E-state index is 12.5. The van der Waals surface area contributed by atoms with Crippen LogP contribution >= 0.6 is 0 Å². The van der Waals surface area contributed by atoms with Gasteiger partial charge >= 0.3 is 0 Å². The Bertz CT molecular complexity index is 994. The number of carbonyl (C=O) groups excluding carboxylic acids is 1. The first-order chi connectivity index (χ1) is 12.5. The van der Waals surface area contributed by atoms with E-state index in [1.54, 1.807) is 18.2 Å². The molecule has 1 aliphatic carbocycles. The van der Waals surface area contributed by atoms with E-state index in [1.165, 1.54) is 12.1 Å². The van der Waals surface area contributed by atoms with Gasteiger partial charge in [0.15, 0.2) is 0 Å². The normalized spacial score (nSPS) is 16.2. The summed E-state index contributed by atoms with van der Waals surface area (Å²) < 4.78 is 32.8. The molecule has 2 aromatic rings. The second-order valence-electron chi connectivity index (χ2n) is 6.37. The number of benzene rings is 2. The number of hydrogen-bond donors (Lipinski definition) is 2. The van der Waals surface area contributed by atoms with Gasteiger partial charge in [0.25, 0.3) is 5.91 Å². The Morgan fingerprint density at radius 2 is 1.88 bits per heavy atom. The molecule has 26 heavy (non-hydrogen) atoms. The number of amides is 1. The van der Waals surface area contributed by atoms with Crippen molar-refractivity contribution in [3.8, 4) is 5.75 Å². The second kappa shape index (κ2) is 6.59. The Labute approximate surface area is 151 Å². The van der Waals surface area contributed by atoms with Gasteiger partial charge in [-0.3, -0.25) is 4.79 Å². The summed E-state index contributed by atoms with van der Waals surface area (Å²) in [6.45, 7) is 0.171. The zero-order valence-electron chi connectivity index (χ0n) is 13.9. The number of rotatable bonds is 5. The SMILES string of the molecule is O=C(Nc1cccc(S(=O)(=O)NC2CC2)c1)C1=Cc2ccccc2OC1. The lowest BCUT2D eigenvalue weighted by molar-refractivity contribution is -0.113. The van der Waals surface area contributed by atoms with Crippen molar-refractivity contribution in [1.29, 1.82) is 0 Å². The average Bonchev–Trinajstić information content (AvgIpc) is 3.45. The monoisotopic (exact) mass is 370 g/mol. The van der Waals surface area contributed by atoms with Crippen LogP contribution in [0.5, 0.6) is 5.75 Å². The highest BCUT2D eigenvalue weighted by Gasteiger charge is 2.28. The minimum Gasteiger partial charge on any atom is -0.488 e. The van der Waals surface area contributed by atoms with Crippen LogP contribution < -0.4 is 14.8 Å². The van der Waals surface area contributed by atoms with Gasteiger partial charge in [-0.15, -0.1) is 0 Å². The highest BCUT2D eigenvalue weighted by molar-refractivity contribution is 7.89. The van der Waals surface area contributed by atoms with Crippen molar-refractivity contribution in [3.05, 3.63) is 59.7 Å². The van der Waals surface area contributed by atoms with Gasteiger partial charge in [-0.25, -0.2) is 13.1 Å². The van der Waals surface area contributed by atoms with Gasteiger partial charge in [0.1, 0.15) is 12.4 Å². The third-order valence-corrected chi connectivity index (χ3v) is 5.74. The molecule has 1 fully saturated rings. The molecule has 0 radical (unpaired) electrons. The van der Waals surface area contributed by atoms with Crippen molar-refractivity contribution < 1.29 is 17.9 Å². The van der Waals surface area contributed by atoms with Crippen molar-refractivity contribution in [2.75, 3.05) is 11.9 Å². The summed E-state index contributed by atoms with van der Waals surface area (Å²) >= 11 is 0. The zero-order valence-corrected chi connectivity index (χ0v) is 14.8. The Kier molecular flexibility index (Phi) is 4.26. The second-order valence-corrected chi connectivity index (χ2v) is 8.09. The fourth-order valence-electron chi connectivity index (χ4n) is 2.69. The van der Waals surface area contributed by atoms with E-state index in [0.29, 0.717) is 11.3 Å². The predicted molar refractivity (Wildman–Crippen MR) is 98.3 cm³/mol. The third kappa shape index (κ3) is 3.63. The lowest BCUT2D eigenvalue weighted by Gasteiger charge is -2.17. The van der Waals surface area contributed by atoms with Gasteiger partial charge in [0, 0.05) is 17.3 Å². The van der Waals surface area contributed by atoms with E-state index in [0.717, 1.165) is 24.2 Å². The smallest absolute Gasteiger partial charge is 0.255 e. The van der Waals surface area contributed by atoms with E-state index in [9.17, 15) is 13.2 Å². The Morgan fingerprint density at radius 1 is 1.08 bits per heavy atom. The summed E-state index contributed by atoms with van der Waals surface area (Å²) in [7, 11) is -3.56. The molecule has 0 spiro atoms. The predicted octanol–water partition coefficient (Wildman–Crippen LogP) is 2.54. The van der Waals surface area contributed by atoms with E-state index in [1.807, 2.05) is 24.3 Å². The van der Waals surface area contributed by atoms with Crippen molar-refractivity contribution in [2.45, 2.75) is 23.8 Å². The first-order valence-electron chi connectivity index (χ1n) is 8.37. The minimum atomic E-state index is -3.56. The molecule has 2 aromatic carbocycles. The molecule has 1 amide bonds. The highest BCUT2D eigenvalue weighted by atomic mass is 32.2. The van der Waals surface area contributed by atoms with Crippen LogP contribution in [-0.4, -0.2) is 27.0 Å². The molecule has 0 aromatic heterocycles. The maximum absolute atomic E-state index is 12.5. The average molecular weight is 370 g/mol. The number of anilines is 1. The number of hydrogen-bond acceptors (Lipinski definition) is 4. The number of fused-ring (bicyclic) bond motifs is 1. The summed E-state index contributed by atoms with van der Waals surface area (Å²) in [5.74, 6) is 0.424. The molecule has 7 heteroatoms. The molecule has 1 heterocycles. The molecule has 2 N–H and O–H groups in total. The molecule has 134 valence electrons. The first kappa shape index (κ1) is 16.8. The highest BCUT2D eigenvalue weighted by Crippen LogP contribution is 2.27. The molecular formula is C19H18N2O4S. The van der Waals surface area contributed by atoms with Crippen molar-refractivity contribution >= 4 is 27.7 Å². The Hall–Kier alpha value is -2.64. The third-order valence-electron chi connectivity index (χ3n) is 4.22. The van der Waals surface area contributed by atoms with Gasteiger partial charge in [-0.2, -0.15) is 0 Å². The maximum Gasteiger partial charge on any atom is 0.255 e. The van der Waals surface area contributed by atoms with E-state index in [-0.39, 0.29) is 23.5 Å². The molecule has 1 saturated carbocycles. The molecule has 0 bridgehead atoms. The van der Waals surface area contributed by atoms with Crippen LogP contribution in [0.4, 0.5) is 5.69 Å². The fourth-order valence-corrected chi connectivity index (χ4v) is 4.04. The number of nitrogens with one attached hydrogen (secondary N) is 2. The largest absolute Gasteiger partial charge is 0.488 e. The van der Waals surface area contributed by atoms with Crippen LogP contribution in [0.15, 0.2) is 59.0 Å². The van der Waals surface area contributed by atoms with Crippen LogP contribution in [0.3, 0.4) is 0 Å². The summed E-state index contributed by atoms with van der Waals surface area (Å²) in [5, 5.41) is 2.74. The zero-order chi connectivity index (χ0) is 18.1. The standard InChI is InChI=1S/C19H18N2O4S/c22-19(14-10-13-4-1-2-7-18(13)25-12-14)20-16-5-3-6-17(11-16)26(23,24)21-15-8-9-15/h1-7,10-11,15,21H,8-9,12H2,(H,20,22). The number of sulfonamides is 1.